The van der Waals surface area contributed by atoms with Crippen molar-refractivity contribution in [1.82, 2.24) is 20.4 Å². The summed E-state index contributed by atoms with van der Waals surface area (Å²) in [5, 5.41) is 10.4. The summed E-state index contributed by atoms with van der Waals surface area (Å²) in [5.41, 5.74) is 2.39. The third-order valence-electron chi connectivity index (χ3n) is 4.07. The van der Waals surface area contributed by atoms with Gasteiger partial charge in [-0.1, -0.05) is 30.3 Å². The van der Waals surface area contributed by atoms with Crippen LogP contribution in [-0.4, -0.2) is 47.2 Å². The van der Waals surface area contributed by atoms with E-state index >= 15 is 0 Å². The van der Waals surface area contributed by atoms with Crippen molar-refractivity contribution >= 4 is 18.3 Å². The zero-order chi connectivity index (χ0) is 14.7. The van der Waals surface area contributed by atoms with Gasteiger partial charge in [-0.15, -0.1) is 12.4 Å². The standard InChI is InChI=1S/C16H20N4O.ClH/c1-17-13-7-9-20(10-8-13)16(21)15-11-14(18-19-15)12-5-3-2-4-6-12;/h2-6,11,13,17H,7-10H2,1H3,(H,18,19);1H. The SMILES string of the molecule is CNC1CCN(C(=O)c2cc(-c3ccccc3)n[nH]2)CC1.Cl. The van der Waals surface area contributed by atoms with Gasteiger partial charge in [0, 0.05) is 24.7 Å². The van der Waals surface area contributed by atoms with Crippen molar-refractivity contribution in [3.8, 4) is 11.3 Å². The molecule has 1 aliphatic heterocycles. The van der Waals surface area contributed by atoms with E-state index in [9.17, 15) is 4.79 Å². The van der Waals surface area contributed by atoms with Gasteiger partial charge in [-0.3, -0.25) is 9.89 Å². The van der Waals surface area contributed by atoms with E-state index in [2.05, 4.69) is 15.5 Å². The van der Waals surface area contributed by atoms with Crippen LogP contribution in [-0.2, 0) is 0 Å². The number of likely N-dealkylation sites (tertiary alicyclic amines) is 1. The first-order chi connectivity index (χ1) is 10.3. The molecule has 118 valence electrons. The fourth-order valence-electron chi connectivity index (χ4n) is 2.73. The van der Waals surface area contributed by atoms with Crippen molar-refractivity contribution in [1.29, 1.82) is 0 Å². The first-order valence-electron chi connectivity index (χ1n) is 7.35. The summed E-state index contributed by atoms with van der Waals surface area (Å²) >= 11 is 0. The minimum absolute atomic E-state index is 0. The number of rotatable bonds is 3. The Bertz CT molecular complexity index is 606. The van der Waals surface area contributed by atoms with E-state index in [4.69, 9.17) is 0 Å². The van der Waals surface area contributed by atoms with Crippen molar-refractivity contribution in [2.24, 2.45) is 0 Å². The van der Waals surface area contributed by atoms with Gasteiger partial charge in [-0.05, 0) is 26.0 Å². The summed E-state index contributed by atoms with van der Waals surface area (Å²) < 4.78 is 0. The van der Waals surface area contributed by atoms with Crippen LogP contribution in [0, 0.1) is 0 Å². The number of benzene rings is 1. The predicted molar refractivity (Wildman–Crippen MR) is 89.3 cm³/mol. The molecule has 5 nitrogen and oxygen atoms in total. The molecule has 0 atom stereocenters. The normalized spacial score (nSPS) is 15.4. The molecule has 0 bridgehead atoms. The molecule has 2 heterocycles. The van der Waals surface area contributed by atoms with Crippen LogP contribution in [0.4, 0.5) is 0 Å². The quantitative estimate of drug-likeness (QED) is 0.912. The molecule has 0 radical (unpaired) electrons. The minimum atomic E-state index is 0. The fraction of sp³-hybridized carbons (Fsp3) is 0.375. The number of piperidine rings is 1. The maximum Gasteiger partial charge on any atom is 0.271 e. The molecular weight excluding hydrogens is 300 g/mol. The molecule has 2 N–H and O–H groups in total. The van der Waals surface area contributed by atoms with Crippen LogP contribution in [0.3, 0.4) is 0 Å². The number of carbonyl (C=O) groups is 1. The van der Waals surface area contributed by atoms with Gasteiger partial charge < -0.3 is 10.2 Å². The van der Waals surface area contributed by atoms with Crippen LogP contribution < -0.4 is 5.32 Å². The summed E-state index contributed by atoms with van der Waals surface area (Å²) in [6.07, 6.45) is 2.00. The molecule has 1 aliphatic rings. The highest BCUT2D eigenvalue weighted by molar-refractivity contribution is 5.93. The van der Waals surface area contributed by atoms with E-state index in [0.29, 0.717) is 11.7 Å². The second kappa shape index (κ2) is 7.42. The summed E-state index contributed by atoms with van der Waals surface area (Å²) in [7, 11) is 1.98. The maximum absolute atomic E-state index is 12.5. The topological polar surface area (TPSA) is 61.0 Å². The van der Waals surface area contributed by atoms with Gasteiger partial charge in [-0.25, -0.2) is 0 Å². The fourth-order valence-corrected chi connectivity index (χ4v) is 2.73. The molecule has 1 aromatic carbocycles. The lowest BCUT2D eigenvalue weighted by Crippen LogP contribution is -2.44. The summed E-state index contributed by atoms with van der Waals surface area (Å²) in [4.78, 5) is 14.4. The molecular formula is C16H21ClN4O. The van der Waals surface area contributed by atoms with E-state index in [1.807, 2.05) is 48.3 Å². The van der Waals surface area contributed by atoms with Gasteiger partial charge in [0.25, 0.3) is 5.91 Å². The Labute approximate surface area is 136 Å². The summed E-state index contributed by atoms with van der Waals surface area (Å²) in [6.45, 7) is 1.59. The van der Waals surface area contributed by atoms with Crippen LogP contribution in [0.2, 0.25) is 0 Å². The number of aromatic amines is 1. The number of hydrogen-bond acceptors (Lipinski definition) is 3. The highest BCUT2D eigenvalue weighted by Gasteiger charge is 2.24. The zero-order valence-electron chi connectivity index (χ0n) is 12.6. The Balaban J connectivity index is 0.00000176. The van der Waals surface area contributed by atoms with E-state index in [-0.39, 0.29) is 18.3 Å². The van der Waals surface area contributed by atoms with Crippen LogP contribution in [0.1, 0.15) is 23.3 Å². The summed E-state index contributed by atoms with van der Waals surface area (Å²) in [5.74, 6) is 0.0410. The number of halogens is 1. The number of aromatic nitrogens is 2. The molecule has 0 saturated carbocycles. The second-order valence-electron chi connectivity index (χ2n) is 5.39. The molecule has 1 saturated heterocycles. The highest BCUT2D eigenvalue weighted by atomic mass is 35.5. The third-order valence-corrected chi connectivity index (χ3v) is 4.07. The van der Waals surface area contributed by atoms with Gasteiger partial charge in [0.2, 0.25) is 0 Å². The average Bonchev–Trinajstić information content (AvgIpc) is 3.05. The monoisotopic (exact) mass is 320 g/mol. The zero-order valence-corrected chi connectivity index (χ0v) is 13.4. The molecule has 1 aromatic heterocycles. The number of hydrogen-bond donors (Lipinski definition) is 2. The lowest BCUT2D eigenvalue weighted by atomic mass is 10.0. The smallest absolute Gasteiger partial charge is 0.271 e. The molecule has 0 aliphatic carbocycles. The molecule has 22 heavy (non-hydrogen) atoms. The van der Waals surface area contributed by atoms with Crippen molar-refractivity contribution < 1.29 is 4.79 Å². The van der Waals surface area contributed by atoms with Crippen molar-refractivity contribution in [3.05, 3.63) is 42.1 Å². The van der Waals surface area contributed by atoms with Crippen LogP contribution in [0.15, 0.2) is 36.4 Å². The van der Waals surface area contributed by atoms with Gasteiger partial charge in [0.1, 0.15) is 5.69 Å². The Hall–Kier alpha value is -1.85. The van der Waals surface area contributed by atoms with Crippen LogP contribution in [0.5, 0.6) is 0 Å². The lowest BCUT2D eigenvalue weighted by molar-refractivity contribution is 0.0701. The molecule has 2 aromatic rings. The van der Waals surface area contributed by atoms with Crippen molar-refractivity contribution in [2.45, 2.75) is 18.9 Å². The van der Waals surface area contributed by atoms with Crippen molar-refractivity contribution in [3.63, 3.8) is 0 Å². The Morgan fingerprint density at radius 3 is 2.59 bits per heavy atom. The number of carbonyl (C=O) groups excluding carboxylic acids is 1. The third kappa shape index (κ3) is 3.48. The molecule has 0 unspecified atom stereocenters. The largest absolute Gasteiger partial charge is 0.337 e. The second-order valence-corrected chi connectivity index (χ2v) is 5.39. The minimum Gasteiger partial charge on any atom is -0.337 e. The Morgan fingerprint density at radius 2 is 1.95 bits per heavy atom. The number of amides is 1. The molecule has 6 heteroatoms. The Kier molecular flexibility index (Phi) is 5.57. The summed E-state index contributed by atoms with van der Waals surface area (Å²) in [6, 6.07) is 12.2. The molecule has 0 spiro atoms. The highest BCUT2D eigenvalue weighted by Crippen LogP contribution is 2.19. The van der Waals surface area contributed by atoms with Crippen molar-refractivity contribution in [2.75, 3.05) is 20.1 Å². The van der Waals surface area contributed by atoms with E-state index in [1.54, 1.807) is 0 Å². The van der Waals surface area contributed by atoms with Gasteiger partial charge in [0.15, 0.2) is 0 Å². The predicted octanol–water partition coefficient (Wildman–Crippen LogP) is 2.32. The van der Waals surface area contributed by atoms with E-state index in [0.717, 1.165) is 37.2 Å². The van der Waals surface area contributed by atoms with E-state index < -0.39 is 0 Å². The molecule has 3 rings (SSSR count). The maximum atomic E-state index is 12.5. The first-order valence-corrected chi connectivity index (χ1v) is 7.35. The molecule has 1 amide bonds. The number of nitrogens with zero attached hydrogens (tertiary/aromatic N) is 2. The average molecular weight is 321 g/mol. The van der Waals surface area contributed by atoms with Crippen LogP contribution >= 0.6 is 12.4 Å². The molecule has 1 fully saturated rings. The first kappa shape index (κ1) is 16.5. The van der Waals surface area contributed by atoms with Crippen LogP contribution in [0.25, 0.3) is 11.3 Å². The number of nitrogens with one attached hydrogen (secondary N) is 2. The van der Waals surface area contributed by atoms with Gasteiger partial charge in [0.05, 0.1) is 5.69 Å². The Morgan fingerprint density at radius 1 is 1.27 bits per heavy atom. The number of H-pyrrole nitrogens is 1. The van der Waals surface area contributed by atoms with Gasteiger partial charge >= 0.3 is 0 Å². The van der Waals surface area contributed by atoms with E-state index in [1.165, 1.54) is 0 Å². The lowest BCUT2D eigenvalue weighted by Gasteiger charge is -2.31. The van der Waals surface area contributed by atoms with Gasteiger partial charge in [-0.2, -0.15) is 5.10 Å².